The van der Waals surface area contributed by atoms with Crippen LogP contribution in [0, 0.1) is 0 Å². The van der Waals surface area contributed by atoms with Gasteiger partial charge in [0.25, 0.3) is 0 Å². The molecule has 1 fully saturated rings. The lowest BCUT2D eigenvalue weighted by molar-refractivity contribution is 0.122. The number of hydrogen-bond acceptors (Lipinski definition) is 6. The lowest BCUT2D eigenvalue weighted by atomic mass is 9.99. The van der Waals surface area contributed by atoms with Gasteiger partial charge in [-0.3, -0.25) is 4.79 Å². The van der Waals surface area contributed by atoms with Crippen LogP contribution in [-0.2, 0) is 4.74 Å². The fourth-order valence-corrected chi connectivity index (χ4v) is 4.12. The molecule has 31 heavy (non-hydrogen) atoms. The fourth-order valence-electron chi connectivity index (χ4n) is 4.12. The van der Waals surface area contributed by atoms with Gasteiger partial charge in [0, 0.05) is 36.5 Å². The Morgan fingerprint density at radius 2 is 1.90 bits per heavy atom. The van der Waals surface area contributed by atoms with Crippen molar-refractivity contribution in [1.29, 1.82) is 0 Å². The van der Waals surface area contributed by atoms with E-state index >= 15 is 0 Å². The molecular weight excluding hydrogens is 394 g/mol. The van der Waals surface area contributed by atoms with E-state index in [-0.39, 0.29) is 5.43 Å². The molecule has 1 saturated heterocycles. The third-order valence-electron chi connectivity index (χ3n) is 5.72. The van der Waals surface area contributed by atoms with Gasteiger partial charge in [-0.25, -0.2) is 0 Å². The Morgan fingerprint density at radius 3 is 2.68 bits per heavy atom. The maximum absolute atomic E-state index is 13.1. The highest BCUT2D eigenvalue weighted by Crippen LogP contribution is 2.41. The molecule has 0 bridgehead atoms. The summed E-state index contributed by atoms with van der Waals surface area (Å²) < 4.78 is 23.4. The van der Waals surface area contributed by atoms with Gasteiger partial charge in [-0.05, 0) is 38.1 Å². The molecule has 0 amide bonds. The number of rotatable bonds is 3. The summed E-state index contributed by atoms with van der Waals surface area (Å²) in [7, 11) is 1.55. The van der Waals surface area contributed by atoms with E-state index in [1.54, 1.807) is 13.2 Å². The Kier molecular flexibility index (Phi) is 4.74. The lowest BCUT2D eigenvalue weighted by Gasteiger charge is -2.29. The summed E-state index contributed by atoms with van der Waals surface area (Å²) in [6.07, 6.45) is 3.92. The van der Waals surface area contributed by atoms with E-state index < -0.39 is 5.60 Å². The predicted molar refractivity (Wildman–Crippen MR) is 121 cm³/mol. The van der Waals surface area contributed by atoms with Gasteiger partial charge in [-0.1, -0.05) is 12.1 Å². The van der Waals surface area contributed by atoms with Gasteiger partial charge < -0.3 is 23.5 Å². The third kappa shape index (κ3) is 3.57. The minimum Gasteiger partial charge on any atom is -0.496 e. The van der Waals surface area contributed by atoms with Crippen molar-refractivity contribution in [3.8, 4) is 22.8 Å². The van der Waals surface area contributed by atoms with Gasteiger partial charge in [0.05, 0.1) is 25.9 Å². The normalized spacial score (nSPS) is 17.3. The maximum Gasteiger partial charge on any atom is 0.197 e. The highest BCUT2D eigenvalue weighted by molar-refractivity contribution is 5.94. The number of anilines is 1. The molecule has 0 radical (unpaired) electrons. The van der Waals surface area contributed by atoms with Gasteiger partial charge in [-0.2, -0.15) is 0 Å². The molecule has 160 valence electrons. The van der Waals surface area contributed by atoms with E-state index in [2.05, 4.69) is 17.0 Å². The minimum absolute atomic E-state index is 0.147. The van der Waals surface area contributed by atoms with Crippen LogP contribution in [0.5, 0.6) is 11.5 Å². The maximum atomic E-state index is 13.1. The molecule has 5 rings (SSSR count). The van der Waals surface area contributed by atoms with Gasteiger partial charge in [-0.15, -0.1) is 0 Å². The van der Waals surface area contributed by atoms with Crippen molar-refractivity contribution in [3.05, 3.63) is 58.3 Å². The molecule has 6 nitrogen and oxygen atoms in total. The number of morpholine rings is 1. The SMILES string of the molecule is COc1cc2c(c3oc(-c4cccc(N5CCOCC5)c4)cc(=O)c13)C=CC(C)(C)O2. The van der Waals surface area contributed by atoms with Crippen molar-refractivity contribution in [2.45, 2.75) is 19.4 Å². The summed E-state index contributed by atoms with van der Waals surface area (Å²) in [5.41, 5.74) is 2.56. The highest BCUT2D eigenvalue weighted by Gasteiger charge is 2.27. The van der Waals surface area contributed by atoms with Crippen molar-refractivity contribution in [2.75, 3.05) is 38.3 Å². The van der Waals surface area contributed by atoms with Crippen molar-refractivity contribution in [3.63, 3.8) is 0 Å². The summed E-state index contributed by atoms with van der Waals surface area (Å²) in [5.74, 6) is 1.60. The van der Waals surface area contributed by atoms with Crippen molar-refractivity contribution in [2.24, 2.45) is 0 Å². The number of benzene rings is 2. The zero-order chi connectivity index (χ0) is 21.6. The molecule has 1 aromatic heterocycles. The number of methoxy groups -OCH3 is 1. The van der Waals surface area contributed by atoms with Gasteiger partial charge in [0.1, 0.15) is 28.2 Å². The summed E-state index contributed by atoms with van der Waals surface area (Å²) in [5, 5.41) is 0.419. The first-order valence-corrected chi connectivity index (χ1v) is 10.5. The van der Waals surface area contributed by atoms with Crippen LogP contribution in [0.1, 0.15) is 19.4 Å². The summed E-state index contributed by atoms with van der Waals surface area (Å²) in [4.78, 5) is 15.4. The van der Waals surface area contributed by atoms with Crippen molar-refractivity contribution in [1.82, 2.24) is 0 Å². The minimum atomic E-state index is -0.448. The first-order chi connectivity index (χ1) is 14.9. The first kappa shape index (κ1) is 19.7. The Labute approximate surface area is 180 Å². The van der Waals surface area contributed by atoms with Gasteiger partial charge in [0.15, 0.2) is 11.0 Å². The second-order valence-corrected chi connectivity index (χ2v) is 8.36. The molecule has 3 aromatic rings. The van der Waals surface area contributed by atoms with Crippen LogP contribution in [0.3, 0.4) is 0 Å². The molecule has 6 heteroatoms. The quantitative estimate of drug-likeness (QED) is 0.623. The lowest BCUT2D eigenvalue weighted by Crippen LogP contribution is -2.36. The van der Waals surface area contributed by atoms with E-state index in [1.807, 2.05) is 38.1 Å². The zero-order valence-corrected chi connectivity index (χ0v) is 17.9. The van der Waals surface area contributed by atoms with Crippen LogP contribution in [0.25, 0.3) is 28.4 Å². The van der Waals surface area contributed by atoms with Crippen LogP contribution in [0.4, 0.5) is 5.69 Å². The Hall–Kier alpha value is -3.25. The number of hydrogen-bond donors (Lipinski definition) is 0. The predicted octanol–water partition coefficient (Wildman–Crippen LogP) is 4.49. The molecule has 0 aliphatic carbocycles. The third-order valence-corrected chi connectivity index (χ3v) is 5.72. The van der Waals surface area contributed by atoms with Crippen LogP contribution < -0.4 is 19.8 Å². The average Bonchev–Trinajstić information content (AvgIpc) is 2.78. The molecule has 3 heterocycles. The Morgan fingerprint density at radius 1 is 1.10 bits per heavy atom. The molecule has 0 spiro atoms. The largest absolute Gasteiger partial charge is 0.496 e. The highest BCUT2D eigenvalue weighted by atomic mass is 16.5. The molecule has 2 aromatic carbocycles. The second kappa shape index (κ2) is 7.46. The Balaban J connectivity index is 1.67. The van der Waals surface area contributed by atoms with E-state index in [4.69, 9.17) is 18.6 Å². The molecule has 0 saturated carbocycles. The van der Waals surface area contributed by atoms with E-state index in [0.717, 1.165) is 29.9 Å². The molecule has 0 N–H and O–H groups in total. The standard InChI is InChI=1S/C25H25NO5/c1-25(2)8-7-18-21(31-25)15-22(28-3)23-19(27)14-20(30-24(18)23)16-5-4-6-17(13-16)26-9-11-29-12-10-26/h4-8,13-15H,9-12H2,1-3H3. The number of fused-ring (bicyclic) bond motifs is 3. The van der Waals surface area contributed by atoms with E-state index in [1.165, 1.54) is 6.07 Å². The number of ether oxygens (including phenoxy) is 3. The smallest absolute Gasteiger partial charge is 0.197 e. The van der Waals surface area contributed by atoms with Crippen LogP contribution in [0.15, 0.2) is 51.7 Å². The topological polar surface area (TPSA) is 61.1 Å². The van der Waals surface area contributed by atoms with Gasteiger partial charge in [0.2, 0.25) is 0 Å². The molecule has 0 unspecified atom stereocenters. The molecule has 0 atom stereocenters. The van der Waals surface area contributed by atoms with E-state index in [0.29, 0.717) is 41.4 Å². The average molecular weight is 419 g/mol. The number of nitrogens with zero attached hydrogens (tertiary/aromatic N) is 1. The van der Waals surface area contributed by atoms with Crippen molar-refractivity contribution >= 4 is 22.7 Å². The van der Waals surface area contributed by atoms with Crippen LogP contribution in [-0.4, -0.2) is 39.0 Å². The molecular formula is C25H25NO5. The summed E-state index contributed by atoms with van der Waals surface area (Å²) in [6.45, 7) is 7.06. The van der Waals surface area contributed by atoms with Gasteiger partial charge >= 0.3 is 0 Å². The van der Waals surface area contributed by atoms with E-state index in [9.17, 15) is 4.79 Å². The summed E-state index contributed by atoms with van der Waals surface area (Å²) >= 11 is 0. The van der Waals surface area contributed by atoms with Crippen molar-refractivity contribution < 1.29 is 18.6 Å². The monoisotopic (exact) mass is 419 g/mol. The molecule has 2 aliphatic rings. The zero-order valence-electron chi connectivity index (χ0n) is 17.9. The Bertz CT molecular complexity index is 1230. The molecule has 2 aliphatic heterocycles. The fraction of sp³-hybridized carbons (Fsp3) is 0.320. The first-order valence-electron chi connectivity index (χ1n) is 10.5. The van der Waals surface area contributed by atoms with Crippen LogP contribution in [0.2, 0.25) is 0 Å². The second-order valence-electron chi connectivity index (χ2n) is 8.36. The summed E-state index contributed by atoms with van der Waals surface area (Å²) in [6, 6.07) is 11.4. The van der Waals surface area contributed by atoms with Crippen LogP contribution >= 0.6 is 0 Å².